The molecule has 4 rings (SSSR count). The van der Waals surface area contributed by atoms with Gasteiger partial charge in [0.1, 0.15) is 5.56 Å². The number of amides is 1. The van der Waals surface area contributed by atoms with Gasteiger partial charge in [0, 0.05) is 18.2 Å². The minimum absolute atomic E-state index is 0.0177. The second-order valence-electron chi connectivity index (χ2n) is 10.0. The van der Waals surface area contributed by atoms with E-state index in [9.17, 15) is 14.7 Å². The van der Waals surface area contributed by atoms with Crippen molar-refractivity contribution < 1.29 is 14.7 Å². The first-order chi connectivity index (χ1) is 16.8. The van der Waals surface area contributed by atoms with Gasteiger partial charge in [-0.2, -0.15) is 0 Å². The van der Waals surface area contributed by atoms with Crippen LogP contribution in [-0.2, 0) is 17.6 Å². The lowest BCUT2D eigenvalue weighted by molar-refractivity contribution is -0.123. The fraction of sp³-hybridized carbons (Fsp3) is 0.414. The van der Waals surface area contributed by atoms with E-state index in [2.05, 4.69) is 36.3 Å². The number of anilines is 1. The van der Waals surface area contributed by atoms with Crippen molar-refractivity contribution in [3.63, 3.8) is 0 Å². The van der Waals surface area contributed by atoms with E-state index in [1.807, 2.05) is 44.2 Å². The number of aromatic nitrogens is 2. The first-order valence-electron chi connectivity index (χ1n) is 12.6. The molecule has 6 heteroatoms. The average molecular weight is 474 g/mol. The van der Waals surface area contributed by atoms with Gasteiger partial charge in [-0.25, -0.2) is 9.48 Å². The number of aromatic carboxylic acids is 1. The molecular weight excluding hydrogens is 438 g/mol. The minimum Gasteiger partial charge on any atom is -0.477 e. The normalized spacial score (nSPS) is 17.9. The molecule has 1 aliphatic carbocycles. The molecule has 1 fully saturated rings. The highest BCUT2D eigenvalue weighted by atomic mass is 16.4. The molecule has 1 saturated carbocycles. The molecule has 1 aromatic heterocycles. The maximum Gasteiger partial charge on any atom is 0.341 e. The second-order valence-corrected chi connectivity index (χ2v) is 10.0. The summed E-state index contributed by atoms with van der Waals surface area (Å²) in [5, 5.41) is 14.5. The van der Waals surface area contributed by atoms with Crippen LogP contribution >= 0.6 is 0 Å². The van der Waals surface area contributed by atoms with Crippen molar-refractivity contribution in [1.82, 2.24) is 9.78 Å². The number of carboxylic acids is 1. The summed E-state index contributed by atoms with van der Waals surface area (Å²) in [7, 11) is 0. The number of carbonyl (C=O) groups is 2. The Morgan fingerprint density at radius 2 is 1.57 bits per heavy atom. The number of rotatable bonds is 8. The third-order valence-corrected chi connectivity index (χ3v) is 7.02. The Kier molecular flexibility index (Phi) is 7.69. The Morgan fingerprint density at radius 1 is 0.971 bits per heavy atom. The number of carboxylic acid groups (broad SMARTS) is 1. The Bertz CT molecular complexity index is 1140. The Hall–Kier alpha value is -3.41. The predicted molar refractivity (Wildman–Crippen MR) is 138 cm³/mol. The van der Waals surface area contributed by atoms with Crippen molar-refractivity contribution in [1.29, 1.82) is 0 Å². The predicted octanol–water partition coefficient (Wildman–Crippen LogP) is 5.92. The van der Waals surface area contributed by atoms with Gasteiger partial charge in [0.2, 0.25) is 5.91 Å². The highest BCUT2D eigenvalue weighted by molar-refractivity contribution is 6.01. The average Bonchev–Trinajstić information content (AvgIpc) is 3.29. The van der Waals surface area contributed by atoms with Gasteiger partial charge in [0.05, 0.1) is 5.69 Å². The quantitative estimate of drug-likeness (QED) is 0.440. The van der Waals surface area contributed by atoms with Gasteiger partial charge in [-0.3, -0.25) is 9.69 Å². The van der Waals surface area contributed by atoms with E-state index in [1.165, 1.54) is 17.3 Å². The Balaban J connectivity index is 1.56. The van der Waals surface area contributed by atoms with E-state index in [-0.39, 0.29) is 29.2 Å². The molecule has 0 saturated heterocycles. The van der Waals surface area contributed by atoms with Crippen LogP contribution in [0.3, 0.4) is 0 Å². The molecule has 1 heterocycles. The maximum atomic E-state index is 13.5. The summed E-state index contributed by atoms with van der Waals surface area (Å²) in [5.41, 5.74) is 3.31. The lowest BCUT2D eigenvalue weighted by atomic mass is 9.82. The first-order valence-corrected chi connectivity index (χ1v) is 12.6. The van der Waals surface area contributed by atoms with Crippen LogP contribution in [0.15, 0.2) is 60.8 Å². The van der Waals surface area contributed by atoms with Crippen molar-refractivity contribution >= 4 is 17.7 Å². The summed E-state index contributed by atoms with van der Waals surface area (Å²) < 4.78 is 1.57. The van der Waals surface area contributed by atoms with E-state index < -0.39 is 5.97 Å². The molecule has 0 unspecified atom stereocenters. The lowest BCUT2D eigenvalue weighted by Gasteiger charge is -2.32. The topological polar surface area (TPSA) is 75.4 Å². The lowest BCUT2D eigenvalue weighted by Crippen LogP contribution is -2.43. The van der Waals surface area contributed by atoms with Gasteiger partial charge in [0.15, 0.2) is 5.82 Å². The van der Waals surface area contributed by atoms with E-state index in [1.54, 1.807) is 9.58 Å². The van der Waals surface area contributed by atoms with Crippen molar-refractivity contribution in [2.45, 2.75) is 65.3 Å². The molecule has 3 aromatic rings. The summed E-state index contributed by atoms with van der Waals surface area (Å²) in [6, 6.07) is 18.2. The van der Waals surface area contributed by atoms with Crippen LogP contribution in [-0.4, -0.2) is 32.8 Å². The Morgan fingerprint density at radius 3 is 2.14 bits per heavy atom. The molecule has 2 aromatic carbocycles. The summed E-state index contributed by atoms with van der Waals surface area (Å²) in [6.45, 7) is 6.04. The van der Waals surface area contributed by atoms with Crippen LogP contribution in [0.2, 0.25) is 0 Å². The van der Waals surface area contributed by atoms with Crippen LogP contribution in [0.1, 0.15) is 67.9 Å². The number of carbonyl (C=O) groups excluding carboxylic acids is 1. The van der Waals surface area contributed by atoms with Gasteiger partial charge < -0.3 is 5.11 Å². The summed E-state index contributed by atoms with van der Waals surface area (Å²) in [5.74, 6) is -0.318. The zero-order valence-electron chi connectivity index (χ0n) is 20.9. The van der Waals surface area contributed by atoms with E-state index in [0.717, 1.165) is 44.2 Å². The molecule has 6 nitrogen and oxygen atoms in total. The number of hydrogen-bond acceptors (Lipinski definition) is 3. The third-order valence-electron chi connectivity index (χ3n) is 7.02. The molecule has 35 heavy (non-hydrogen) atoms. The van der Waals surface area contributed by atoms with Crippen molar-refractivity contribution in [3.05, 3.63) is 77.5 Å². The molecule has 1 N–H and O–H groups in total. The van der Waals surface area contributed by atoms with Crippen molar-refractivity contribution in [3.8, 4) is 5.69 Å². The highest BCUT2D eigenvalue weighted by Gasteiger charge is 2.34. The number of hydrogen-bond donors (Lipinski definition) is 1. The number of aryl methyl sites for hydroxylation is 2. The second kappa shape index (κ2) is 10.9. The largest absolute Gasteiger partial charge is 0.477 e. The van der Waals surface area contributed by atoms with Crippen LogP contribution in [0, 0.1) is 11.8 Å². The zero-order valence-corrected chi connectivity index (χ0v) is 20.9. The molecular formula is C29H35N3O3. The summed E-state index contributed by atoms with van der Waals surface area (Å²) in [6.07, 6.45) is 7.14. The third kappa shape index (κ3) is 5.81. The minimum atomic E-state index is -1.08. The smallest absolute Gasteiger partial charge is 0.341 e. The molecule has 0 spiro atoms. The van der Waals surface area contributed by atoms with Crippen LogP contribution in [0.5, 0.6) is 0 Å². The van der Waals surface area contributed by atoms with Crippen LogP contribution in [0.25, 0.3) is 5.69 Å². The standard InChI is InChI=1S/C29H35N3O3/c1-20(2)32(28(33)24-15-9-21(3)10-16-24)27-26(29(34)35)19-31(30-27)25-17-13-23(14-18-25)12-11-22-7-5-4-6-8-22/h4-8,13-14,17-21,24H,9-12,15-16H2,1-3H3,(H,34,35). The molecule has 0 aliphatic heterocycles. The monoisotopic (exact) mass is 473 g/mol. The van der Waals surface area contributed by atoms with Gasteiger partial charge >= 0.3 is 5.97 Å². The van der Waals surface area contributed by atoms with Gasteiger partial charge in [-0.15, -0.1) is 5.10 Å². The molecule has 184 valence electrons. The van der Waals surface area contributed by atoms with E-state index in [0.29, 0.717) is 5.92 Å². The number of nitrogens with zero attached hydrogens (tertiary/aromatic N) is 3. The van der Waals surface area contributed by atoms with Gasteiger partial charge in [-0.05, 0) is 81.5 Å². The fourth-order valence-electron chi connectivity index (χ4n) is 4.88. The molecule has 0 atom stereocenters. The summed E-state index contributed by atoms with van der Waals surface area (Å²) in [4.78, 5) is 27.2. The Labute approximate surface area is 207 Å². The summed E-state index contributed by atoms with van der Waals surface area (Å²) >= 11 is 0. The SMILES string of the molecule is CC1CCC(C(=O)N(c2nn(-c3ccc(CCc4ccccc4)cc3)cc2C(=O)O)C(C)C)CC1. The van der Waals surface area contributed by atoms with Gasteiger partial charge in [0.25, 0.3) is 0 Å². The molecule has 1 aliphatic rings. The van der Waals surface area contributed by atoms with E-state index in [4.69, 9.17) is 0 Å². The van der Waals surface area contributed by atoms with Gasteiger partial charge in [-0.1, -0.05) is 49.4 Å². The van der Waals surface area contributed by atoms with E-state index >= 15 is 0 Å². The molecule has 0 bridgehead atoms. The maximum absolute atomic E-state index is 13.5. The van der Waals surface area contributed by atoms with Crippen molar-refractivity contribution in [2.75, 3.05) is 4.90 Å². The highest BCUT2D eigenvalue weighted by Crippen LogP contribution is 2.32. The van der Waals surface area contributed by atoms with Crippen LogP contribution < -0.4 is 4.90 Å². The van der Waals surface area contributed by atoms with Crippen molar-refractivity contribution in [2.24, 2.45) is 11.8 Å². The zero-order chi connectivity index (χ0) is 24.9. The molecule has 0 radical (unpaired) electrons. The van der Waals surface area contributed by atoms with Crippen LogP contribution in [0.4, 0.5) is 5.82 Å². The molecule has 1 amide bonds. The number of benzene rings is 2. The first kappa shape index (κ1) is 24.7. The fourth-order valence-corrected chi connectivity index (χ4v) is 4.88.